The van der Waals surface area contributed by atoms with Crippen LogP contribution in [0.3, 0.4) is 0 Å². The van der Waals surface area contributed by atoms with Crippen LogP contribution < -0.4 is 0 Å². The lowest BCUT2D eigenvalue weighted by atomic mass is 10.1. The van der Waals surface area contributed by atoms with E-state index in [4.69, 9.17) is 23.3 Å². The number of aliphatic hydroxyl groups excluding tert-OH is 1. The Morgan fingerprint density at radius 2 is 0.812 bits per heavy atom. The number of ether oxygens (including phenoxy) is 3. The van der Waals surface area contributed by atoms with E-state index in [2.05, 4.69) is 69.4 Å². The summed E-state index contributed by atoms with van der Waals surface area (Å²) in [5.74, 6) is -1.50. The Morgan fingerprint density at radius 1 is 0.438 bits per heavy atom. The number of phosphoric ester groups is 1. The monoisotopic (exact) mass is 925 g/mol. The number of rotatable bonds is 47. The van der Waals surface area contributed by atoms with Gasteiger partial charge in [-0.3, -0.25) is 23.4 Å². The largest absolute Gasteiger partial charge is 0.472 e. The molecule has 0 radical (unpaired) electrons. The van der Waals surface area contributed by atoms with Crippen molar-refractivity contribution >= 4 is 25.7 Å². The fraction of sp³-hybridized carbons (Fsp3) is 0.788. The van der Waals surface area contributed by atoms with Crippen molar-refractivity contribution in [2.45, 2.75) is 238 Å². The maximum Gasteiger partial charge on any atom is 0.472 e. The van der Waals surface area contributed by atoms with Crippen LogP contribution in [0.5, 0.6) is 0 Å². The van der Waals surface area contributed by atoms with E-state index in [1.165, 1.54) is 38.5 Å². The average molecular weight is 925 g/mol. The summed E-state index contributed by atoms with van der Waals surface area (Å²) in [6, 6.07) is 0. The summed E-state index contributed by atoms with van der Waals surface area (Å²) in [5.41, 5.74) is 0. The van der Waals surface area contributed by atoms with Gasteiger partial charge in [0.05, 0.1) is 19.8 Å². The number of phosphoric acid groups is 1. The van der Waals surface area contributed by atoms with Crippen LogP contribution in [0.4, 0.5) is 0 Å². The number of allylic oxidation sites excluding steroid dienone is 8. The zero-order valence-corrected chi connectivity index (χ0v) is 41.6. The molecule has 64 heavy (non-hydrogen) atoms. The summed E-state index contributed by atoms with van der Waals surface area (Å²) in [5, 5.41) is 9.76. The van der Waals surface area contributed by atoms with Gasteiger partial charge in [-0.25, -0.2) is 4.57 Å². The predicted molar refractivity (Wildman–Crippen MR) is 261 cm³/mol. The Bertz CT molecular complexity index is 1260. The van der Waals surface area contributed by atoms with Crippen molar-refractivity contribution in [3.05, 3.63) is 48.6 Å². The van der Waals surface area contributed by atoms with E-state index in [-0.39, 0.29) is 25.9 Å². The smallest absolute Gasteiger partial charge is 0.462 e. The van der Waals surface area contributed by atoms with Crippen molar-refractivity contribution in [2.24, 2.45) is 0 Å². The quantitative estimate of drug-likeness (QED) is 0.0197. The molecule has 0 bridgehead atoms. The first-order valence-corrected chi connectivity index (χ1v) is 27.0. The van der Waals surface area contributed by atoms with Gasteiger partial charge in [0.1, 0.15) is 12.7 Å². The van der Waals surface area contributed by atoms with Crippen LogP contribution in [0.1, 0.15) is 226 Å². The van der Waals surface area contributed by atoms with Gasteiger partial charge in [0.15, 0.2) is 6.10 Å². The van der Waals surface area contributed by atoms with Gasteiger partial charge < -0.3 is 24.2 Å². The summed E-state index contributed by atoms with van der Waals surface area (Å²) >= 11 is 0. The molecule has 0 saturated carbocycles. The number of carbonyl (C=O) groups is 3. The van der Waals surface area contributed by atoms with Gasteiger partial charge in [0, 0.05) is 19.3 Å². The molecular formula is C52H93O11P. The Kier molecular flexibility index (Phi) is 45.1. The Morgan fingerprint density at radius 3 is 1.28 bits per heavy atom. The second-order valence-electron chi connectivity index (χ2n) is 17.0. The van der Waals surface area contributed by atoms with Gasteiger partial charge in [-0.15, -0.1) is 0 Å². The summed E-state index contributed by atoms with van der Waals surface area (Å²) in [6.45, 7) is 4.47. The molecule has 12 heteroatoms. The lowest BCUT2D eigenvalue weighted by Crippen LogP contribution is -2.30. The number of hydrogen-bond donors (Lipinski definition) is 2. The molecule has 0 fully saturated rings. The lowest BCUT2D eigenvalue weighted by Gasteiger charge is -2.21. The number of unbranched alkanes of at least 4 members (excludes halogenated alkanes) is 22. The molecule has 0 aliphatic heterocycles. The van der Waals surface area contributed by atoms with Gasteiger partial charge in [-0.05, 0) is 89.9 Å². The first-order valence-electron chi connectivity index (χ1n) is 25.5. The van der Waals surface area contributed by atoms with E-state index in [9.17, 15) is 28.9 Å². The van der Waals surface area contributed by atoms with E-state index < -0.39 is 57.8 Å². The van der Waals surface area contributed by atoms with Gasteiger partial charge in [0.2, 0.25) is 0 Å². The fourth-order valence-corrected chi connectivity index (χ4v) is 7.50. The highest BCUT2D eigenvalue weighted by Gasteiger charge is 2.28. The summed E-state index contributed by atoms with van der Waals surface area (Å²) in [4.78, 5) is 48.2. The predicted octanol–water partition coefficient (Wildman–Crippen LogP) is 14.2. The SMILES string of the molecule is CCC/C=C\C/C=C\CCCCCCCC(=O)OC(COC(=O)CCCCCCC/C=C\CCCC)COP(=O)(O)OCC(CO)OC(=O)CCCCCCC/C=C\CCCCCC. The van der Waals surface area contributed by atoms with E-state index in [1.807, 2.05) is 0 Å². The molecule has 372 valence electrons. The van der Waals surface area contributed by atoms with E-state index in [1.54, 1.807) is 0 Å². The highest BCUT2D eigenvalue weighted by Crippen LogP contribution is 2.43. The maximum absolute atomic E-state index is 12.8. The molecule has 0 aromatic heterocycles. The molecule has 3 atom stereocenters. The summed E-state index contributed by atoms with van der Waals surface area (Å²) < 4.78 is 39.3. The highest BCUT2D eigenvalue weighted by atomic mass is 31.2. The minimum absolute atomic E-state index is 0.150. The van der Waals surface area contributed by atoms with Crippen LogP contribution in [-0.2, 0) is 42.2 Å². The second-order valence-corrected chi connectivity index (χ2v) is 18.4. The zero-order chi connectivity index (χ0) is 47.0. The highest BCUT2D eigenvalue weighted by molar-refractivity contribution is 7.47. The van der Waals surface area contributed by atoms with Crippen molar-refractivity contribution < 1.29 is 52.2 Å². The third-order valence-corrected chi connectivity index (χ3v) is 11.6. The lowest BCUT2D eigenvalue weighted by molar-refractivity contribution is -0.161. The van der Waals surface area contributed by atoms with E-state index in [0.717, 1.165) is 128 Å². The van der Waals surface area contributed by atoms with Gasteiger partial charge in [-0.2, -0.15) is 0 Å². The van der Waals surface area contributed by atoms with Crippen molar-refractivity contribution in [3.63, 3.8) is 0 Å². The van der Waals surface area contributed by atoms with Crippen LogP contribution in [-0.4, -0.2) is 66.5 Å². The average Bonchev–Trinajstić information content (AvgIpc) is 3.28. The Labute approximate surface area is 390 Å². The minimum atomic E-state index is -4.74. The molecule has 0 heterocycles. The van der Waals surface area contributed by atoms with E-state index in [0.29, 0.717) is 19.3 Å². The summed E-state index contributed by atoms with van der Waals surface area (Å²) in [6.07, 6.45) is 46.5. The van der Waals surface area contributed by atoms with Crippen LogP contribution in [0, 0.1) is 0 Å². The molecular weight excluding hydrogens is 832 g/mol. The number of aliphatic hydroxyl groups is 1. The number of hydrogen-bond acceptors (Lipinski definition) is 10. The standard InChI is InChI=1S/C52H93O11P/c1-4-7-10-13-16-19-22-24-27-30-33-36-39-42-51(55)62-48(44-53)46-60-64(57,58)61-47-49(45-59-50(54)41-38-35-32-29-26-21-18-15-12-9-6-3)63-52(56)43-40-37-34-31-28-25-23-20-17-14-11-8-5-2/h11,14-15,18-20,22-23,48-49,53H,4-10,12-13,16-17,21,24-47H2,1-3H3,(H,57,58)/b14-11-,18-15-,22-19-,23-20-. The molecule has 2 N–H and O–H groups in total. The van der Waals surface area contributed by atoms with Crippen molar-refractivity contribution in [3.8, 4) is 0 Å². The van der Waals surface area contributed by atoms with Crippen LogP contribution in [0.15, 0.2) is 48.6 Å². The molecule has 3 unspecified atom stereocenters. The molecule has 0 rings (SSSR count). The van der Waals surface area contributed by atoms with E-state index >= 15 is 0 Å². The van der Waals surface area contributed by atoms with Crippen molar-refractivity contribution in [2.75, 3.05) is 26.4 Å². The second kappa shape index (κ2) is 47.0. The van der Waals surface area contributed by atoms with Crippen LogP contribution in [0.2, 0.25) is 0 Å². The maximum atomic E-state index is 12.8. The molecule has 0 aromatic carbocycles. The molecule has 0 saturated heterocycles. The fourth-order valence-electron chi connectivity index (χ4n) is 6.72. The normalized spacial score (nSPS) is 13.9. The van der Waals surface area contributed by atoms with Gasteiger partial charge in [-0.1, -0.05) is 166 Å². The molecule has 11 nitrogen and oxygen atoms in total. The molecule has 0 aliphatic carbocycles. The molecule has 0 aliphatic rings. The zero-order valence-electron chi connectivity index (χ0n) is 40.7. The Balaban J connectivity index is 4.75. The summed E-state index contributed by atoms with van der Waals surface area (Å²) in [7, 11) is -4.74. The Hall–Kier alpha value is -2.56. The molecule has 0 spiro atoms. The molecule has 0 aromatic rings. The third kappa shape index (κ3) is 44.6. The van der Waals surface area contributed by atoms with Crippen molar-refractivity contribution in [1.29, 1.82) is 0 Å². The van der Waals surface area contributed by atoms with Crippen LogP contribution in [0.25, 0.3) is 0 Å². The third-order valence-electron chi connectivity index (χ3n) is 10.7. The first kappa shape index (κ1) is 61.4. The minimum Gasteiger partial charge on any atom is -0.462 e. The van der Waals surface area contributed by atoms with Gasteiger partial charge >= 0.3 is 25.7 Å². The number of carbonyl (C=O) groups excluding carboxylic acids is 3. The topological polar surface area (TPSA) is 155 Å². The first-order chi connectivity index (χ1) is 31.2. The van der Waals surface area contributed by atoms with Gasteiger partial charge in [0.25, 0.3) is 0 Å². The van der Waals surface area contributed by atoms with Crippen LogP contribution >= 0.6 is 7.82 Å². The number of esters is 3. The molecule has 0 amide bonds. The van der Waals surface area contributed by atoms with Crippen molar-refractivity contribution in [1.82, 2.24) is 0 Å².